The summed E-state index contributed by atoms with van der Waals surface area (Å²) in [4.78, 5) is 0.228. The van der Waals surface area contributed by atoms with E-state index in [1.807, 2.05) is 13.0 Å². The number of nitrogens with zero attached hydrogens (tertiary/aromatic N) is 1. The third kappa shape index (κ3) is 3.24. The van der Waals surface area contributed by atoms with E-state index >= 15 is 0 Å². The summed E-state index contributed by atoms with van der Waals surface area (Å²) in [5, 5.41) is 8.36. The molecule has 86 valence electrons. The molecule has 0 aromatic heterocycles. The standard InChI is InChI=1S/C11H13NO3S/c1-2-15-10-4-6-11(7-5-10)16(13,14)9-3-8-12/h4-7H,2-3,9H2,1H3. The first-order valence-corrected chi connectivity index (χ1v) is 6.58. The molecule has 0 fully saturated rings. The predicted molar refractivity (Wildman–Crippen MR) is 59.9 cm³/mol. The fourth-order valence-corrected chi connectivity index (χ4v) is 2.35. The largest absolute Gasteiger partial charge is 0.494 e. The molecule has 0 atom stereocenters. The number of ether oxygens (including phenoxy) is 1. The molecule has 0 aliphatic carbocycles. The molecule has 4 nitrogen and oxygen atoms in total. The van der Waals surface area contributed by atoms with Gasteiger partial charge in [0.2, 0.25) is 0 Å². The van der Waals surface area contributed by atoms with E-state index < -0.39 is 9.84 Å². The zero-order valence-corrected chi connectivity index (χ0v) is 9.83. The Bertz CT molecular complexity index is 471. The first-order chi connectivity index (χ1) is 7.60. The number of benzene rings is 1. The summed E-state index contributed by atoms with van der Waals surface area (Å²) in [7, 11) is -3.33. The van der Waals surface area contributed by atoms with Crippen molar-refractivity contribution in [2.45, 2.75) is 18.2 Å². The predicted octanol–water partition coefficient (Wildman–Crippen LogP) is 1.77. The minimum atomic E-state index is -3.33. The van der Waals surface area contributed by atoms with Crippen LogP contribution in [0.3, 0.4) is 0 Å². The molecule has 0 spiro atoms. The van der Waals surface area contributed by atoms with Gasteiger partial charge in [0, 0.05) is 6.42 Å². The van der Waals surface area contributed by atoms with Gasteiger partial charge in [-0.3, -0.25) is 0 Å². The van der Waals surface area contributed by atoms with Gasteiger partial charge in [-0.15, -0.1) is 0 Å². The maximum Gasteiger partial charge on any atom is 0.179 e. The van der Waals surface area contributed by atoms with E-state index in [2.05, 4.69) is 0 Å². The molecule has 0 N–H and O–H groups in total. The van der Waals surface area contributed by atoms with Crippen LogP contribution in [0.1, 0.15) is 13.3 Å². The van der Waals surface area contributed by atoms with E-state index in [1.165, 1.54) is 12.1 Å². The van der Waals surface area contributed by atoms with Crippen molar-refractivity contribution < 1.29 is 13.2 Å². The number of rotatable bonds is 5. The van der Waals surface area contributed by atoms with Crippen LogP contribution < -0.4 is 4.74 Å². The van der Waals surface area contributed by atoms with Crippen LogP contribution >= 0.6 is 0 Å². The molecule has 0 radical (unpaired) electrons. The van der Waals surface area contributed by atoms with Gasteiger partial charge < -0.3 is 4.74 Å². The Morgan fingerprint density at radius 2 is 1.94 bits per heavy atom. The average molecular weight is 239 g/mol. The van der Waals surface area contributed by atoms with Gasteiger partial charge in [-0.2, -0.15) is 5.26 Å². The minimum absolute atomic E-state index is 0.00947. The second-order valence-electron chi connectivity index (χ2n) is 3.13. The van der Waals surface area contributed by atoms with Crippen molar-refractivity contribution in [2.75, 3.05) is 12.4 Å². The van der Waals surface area contributed by atoms with Crippen molar-refractivity contribution in [1.29, 1.82) is 5.26 Å². The molecule has 1 aromatic rings. The zero-order valence-electron chi connectivity index (χ0n) is 9.01. The fourth-order valence-electron chi connectivity index (χ4n) is 1.21. The van der Waals surface area contributed by atoms with Gasteiger partial charge in [0.25, 0.3) is 0 Å². The van der Waals surface area contributed by atoms with Gasteiger partial charge in [-0.25, -0.2) is 8.42 Å². The van der Waals surface area contributed by atoms with Crippen LogP contribution in [0.5, 0.6) is 5.75 Å². The molecule has 0 amide bonds. The van der Waals surface area contributed by atoms with E-state index in [9.17, 15) is 8.42 Å². The van der Waals surface area contributed by atoms with Gasteiger partial charge in [0.1, 0.15) is 5.75 Å². The normalized spacial score (nSPS) is 10.8. The van der Waals surface area contributed by atoms with E-state index in [0.717, 1.165) is 0 Å². The Morgan fingerprint density at radius 1 is 1.31 bits per heavy atom. The number of nitriles is 1. The van der Waals surface area contributed by atoms with Crippen molar-refractivity contribution in [2.24, 2.45) is 0 Å². The van der Waals surface area contributed by atoms with Crippen LogP contribution in [-0.2, 0) is 9.84 Å². The van der Waals surface area contributed by atoms with Crippen molar-refractivity contribution in [3.8, 4) is 11.8 Å². The molecule has 1 aromatic carbocycles. The summed E-state index contributed by atoms with van der Waals surface area (Å²) in [5.41, 5.74) is 0. The van der Waals surface area contributed by atoms with Gasteiger partial charge in [-0.05, 0) is 31.2 Å². The molecule has 16 heavy (non-hydrogen) atoms. The first kappa shape index (κ1) is 12.5. The Labute approximate surface area is 95.4 Å². The van der Waals surface area contributed by atoms with Crippen LogP contribution in [0.15, 0.2) is 29.2 Å². The van der Waals surface area contributed by atoms with Gasteiger partial charge >= 0.3 is 0 Å². The first-order valence-electron chi connectivity index (χ1n) is 4.92. The van der Waals surface area contributed by atoms with Crippen LogP contribution in [0.4, 0.5) is 0 Å². The van der Waals surface area contributed by atoms with Crippen LogP contribution in [0.2, 0.25) is 0 Å². The highest BCUT2D eigenvalue weighted by Crippen LogP contribution is 2.17. The lowest BCUT2D eigenvalue weighted by Gasteiger charge is -2.05. The Morgan fingerprint density at radius 3 is 2.44 bits per heavy atom. The quantitative estimate of drug-likeness (QED) is 0.785. The highest BCUT2D eigenvalue weighted by atomic mass is 32.2. The molecular weight excluding hydrogens is 226 g/mol. The molecule has 0 saturated carbocycles. The van der Waals surface area contributed by atoms with E-state index in [4.69, 9.17) is 10.00 Å². The molecule has 0 bridgehead atoms. The maximum absolute atomic E-state index is 11.7. The summed E-state index contributed by atoms with van der Waals surface area (Å²) >= 11 is 0. The molecule has 0 aliphatic rings. The second-order valence-corrected chi connectivity index (χ2v) is 5.24. The smallest absolute Gasteiger partial charge is 0.179 e. The van der Waals surface area contributed by atoms with E-state index in [0.29, 0.717) is 12.4 Å². The average Bonchev–Trinajstić information content (AvgIpc) is 2.28. The highest BCUT2D eigenvalue weighted by molar-refractivity contribution is 7.91. The summed E-state index contributed by atoms with van der Waals surface area (Å²) < 4.78 is 28.5. The summed E-state index contributed by atoms with van der Waals surface area (Å²) in [6.45, 7) is 2.40. The molecule has 5 heteroatoms. The van der Waals surface area contributed by atoms with Crippen LogP contribution in [0.25, 0.3) is 0 Å². The minimum Gasteiger partial charge on any atom is -0.494 e. The van der Waals surface area contributed by atoms with Crippen molar-refractivity contribution >= 4 is 9.84 Å². The lowest BCUT2D eigenvalue weighted by atomic mass is 10.3. The number of hydrogen-bond acceptors (Lipinski definition) is 4. The summed E-state index contributed by atoms with van der Waals surface area (Å²) in [6.07, 6.45) is 0.00947. The molecular formula is C11H13NO3S. The molecule has 0 heterocycles. The number of hydrogen-bond donors (Lipinski definition) is 0. The summed E-state index contributed by atoms with van der Waals surface area (Å²) in [5.74, 6) is 0.499. The molecule has 1 rings (SSSR count). The maximum atomic E-state index is 11.7. The molecule has 0 unspecified atom stereocenters. The van der Waals surface area contributed by atoms with E-state index in [1.54, 1.807) is 12.1 Å². The fraction of sp³-hybridized carbons (Fsp3) is 0.364. The topological polar surface area (TPSA) is 67.2 Å². The monoisotopic (exact) mass is 239 g/mol. The third-order valence-electron chi connectivity index (χ3n) is 1.98. The van der Waals surface area contributed by atoms with Crippen molar-refractivity contribution in [3.05, 3.63) is 24.3 Å². The van der Waals surface area contributed by atoms with Crippen LogP contribution in [0, 0.1) is 11.3 Å². The second kappa shape index (κ2) is 5.52. The SMILES string of the molecule is CCOc1ccc(S(=O)(=O)CCC#N)cc1. The van der Waals surface area contributed by atoms with Gasteiger partial charge in [-0.1, -0.05) is 0 Å². The third-order valence-corrected chi connectivity index (χ3v) is 3.71. The number of sulfone groups is 1. The van der Waals surface area contributed by atoms with E-state index in [-0.39, 0.29) is 17.1 Å². The highest BCUT2D eigenvalue weighted by Gasteiger charge is 2.13. The summed E-state index contributed by atoms with van der Waals surface area (Å²) in [6, 6.07) is 8.04. The Hall–Kier alpha value is -1.54. The lowest BCUT2D eigenvalue weighted by molar-refractivity contribution is 0.340. The van der Waals surface area contributed by atoms with Crippen molar-refractivity contribution in [1.82, 2.24) is 0 Å². The van der Waals surface area contributed by atoms with Gasteiger partial charge in [0.15, 0.2) is 9.84 Å². The van der Waals surface area contributed by atoms with Crippen molar-refractivity contribution in [3.63, 3.8) is 0 Å². The van der Waals surface area contributed by atoms with Crippen LogP contribution in [-0.4, -0.2) is 20.8 Å². The molecule has 0 aliphatic heterocycles. The molecule has 0 saturated heterocycles. The zero-order chi connectivity index (χ0) is 12.0. The lowest BCUT2D eigenvalue weighted by Crippen LogP contribution is -2.06. The Kier molecular flexibility index (Phi) is 4.32. The van der Waals surface area contributed by atoms with Gasteiger partial charge in [0.05, 0.1) is 23.3 Å². The Balaban J connectivity index is 2.85.